The third kappa shape index (κ3) is 3.30. The lowest BCUT2D eigenvalue weighted by molar-refractivity contribution is 0.235. The van der Waals surface area contributed by atoms with Crippen LogP contribution in [-0.2, 0) is 5.41 Å². The summed E-state index contributed by atoms with van der Waals surface area (Å²) in [5.41, 5.74) is 1.63. The Bertz CT molecular complexity index is 415. The molecule has 0 radical (unpaired) electrons. The number of benzene rings is 1. The molecule has 19 heavy (non-hydrogen) atoms. The van der Waals surface area contributed by atoms with Crippen molar-refractivity contribution < 1.29 is 4.74 Å². The largest absolute Gasteiger partial charge is 0.491 e. The van der Waals surface area contributed by atoms with Gasteiger partial charge in [-0.05, 0) is 51.1 Å². The van der Waals surface area contributed by atoms with Gasteiger partial charge < -0.3 is 10.1 Å². The second-order valence-corrected chi connectivity index (χ2v) is 6.22. The van der Waals surface area contributed by atoms with Gasteiger partial charge in [0.25, 0.3) is 0 Å². The summed E-state index contributed by atoms with van der Waals surface area (Å²) in [5.74, 6) is 1.07. The fraction of sp³-hybridized carbons (Fsp3) is 0.647. The van der Waals surface area contributed by atoms with Crippen LogP contribution in [0.3, 0.4) is 0 Å². The van der Waals surface area contributed by atoms with Crippen molar-refractivity contribution in [3.05, 3.63) is 29.8 Å². The van der Waals surface area contributed by atoms with E-state index in [1.807, 2.05) is 0 Å². The molecular weight excluding hydrogens is 234 g/mol. The molecule has 1 aromatic carbocycles. The van der Waals surface area contributed by atoms with Crippen molar-refractivity contribution >= 4 is 0 Å². The van der Waals surface area contributed by atoms with Crippen LogP contribution in [0.5, 0.6) is 5.75 Å². The van der Waals surface area contributed by atoms with E-state index in [4.69, 9.17) is 4.74 Å². The molecular formula is C17H27NO. The summed E-state index contributed by atoms with van der Waals surface area (Å²) in [6.07, 6.45) is 3.94. The van der Waals surface area contributed by atoms with E-state index in [9.17, 15) is 0 Å². The van der Waals surface area contributed by atoms with E-state index in [1.54, 1.807) is 0 Å². The van der Waals surface area contributed by atoms with E-state index >= 15 is 0 Å². The molecule has 0 heterocycles. The Morgan fingerprint density at radius 3 is 2.79 bits per heavy atom. The number of nitrogens with one attached hydrogen (secondary N) is 1. The maximum atomic E-state index is 6.00. The van der Waals surface area contributed by atoms with Crippen LogP contribution in [0.2, 0.25) is 0 Å². The van der Waals surface area contributed by atoms with Crippen molar-refractivity contribution in [3.8, 4) is 5.75 Å². The molecule has 0 amide bonds. The van der Waals surface area contributed by atoms with E-state index in [0.29, 0.717) is 6.04 Å². The zero-order valence-electron chi connectivity index (χ0n) is 12.7. The normalized spacial score (nSPS) is 26.9. The summed E-state index contributed by atoms with van der Waals surface area (Å²) >= 11 is 0. The maximum absolute atomic E-state index is 6.00. The molecule has 0 aliphatic heterocycles. The average molecular weight is 261 g/mol. The average Bonchev–Trinajstić information content (AvgIpc) is 2.72. The smallest absolute Gasteiger partial charge is 0.123 e. The highest BCUT2D eigenvalue weighted by atomic mass is 16.5. The lowest BCUT2D eigenvalue weighted by atomic mass is 9.80. The van der Waals surface area contributed by atoms with Gasteiger partial charge in [-0.2, -0.15) is 0 Å². The van der Waals surface area contributed by atoms with Gasteiger partial charge in [-0.15, -0.1) is 0 Å². The third-order valence-electron chi connectivity index (χ3n) is 4.13. The van der Waals surface area contributed by atoms with Crippen LogP contribution < -0.4 is 10.1 Å². The minimum absolute atomic E-state index is 0.232. The van der Waals surface area contributed by atoms with Crippen LogP contribution in [0.25, 0.3) is 0 Å². The molecule has 1 fully saturated rings. The number of hydrogen-bond acceptors (Lipinski definition) is 2. The van der Waals surface area contributed by atoms with E-state index < -0.39 is 0 Å². The Hall–Kier alpha value is -1.02. The molecule has 106 valence electrons. The molecule has 2 heteroatoms. The van der Waals surface area contributed by atoms with Crippen LogP contribution in [0.4, 0.5) is 0 Å². The fourth-order valence-electron chi connectivity index (χ4n) is 3.27. The standard InChI is InChI=1S/C17H27NO/c1-5-18-14-10-11-17(4,12-14)15-8-6-7-9-16(15)19-13(2)3/h6-9,13-14,18H,5,10-12H2,1-4H3. The number of ether oxygens (including phenoxy) is 1. The van der Waals surface area contributed by atoms with E-state index in [2.05, 4.69) is 57.3 Å². The minimum Gasteiger partial charge on any atom is -0.491 e. The second-order valence-electron chi connectivity index (χ2n) is 6.22. The Morgan fingerprint density at radius 1 is 1.37 bits per heavy atom. The van der Waals surface area contributed by atoms with Crippen LogP contribution >= 0.6 is 0 Å². The van der Waals surface area contributed by atoms with Gasteiger partial charge in [0.1, 0.15) is 5.75 Å². The first-order chi connectivity index (χ1) is 9.05. The van der Waals surface area contributed by atoms with E-state index in [0.717, 1.165) is 12.3 Å². The van der Waals surface area contributed by atoms with Gasteiger partial charge >= 0.3 is 0 Å². The number of hydrogen-bond donors (Lipinski definition) is 1. The van der Waals surface area contributed by atoms with Crippen molar-refractivity contribution in [2.45, 2.75) is 64.5 Å². The molecule has 1 aliphatic carbocycles. The Balaban J connectivity index is 2.21. The van der Waals surface area contributed by atoms with Gasteiger partial charge in [0.2, 0.25) is 0 Å². The Labute approximate surface area is 117 Å². The van der Waals surface area contributed by atoms with Crippen molar-refractivity contribution in [1.29, 1.82) is 0 Å². The predicted octanol–water partition coefficient (Wildman–Crippen LogP) is 3.89. The summed E-state index contributed by atoms with van der Waals surface area (Å²) in [7, 11) is 0. The molecule has 2 unspecified atom stereocenters. The molecule has 1 N–H and O–H groups in total. The maximum Gasteiger partial charge on any atom is 0.123 e. The second kappa shape index (κ2) is 5.96. The highest BCUT2D eigenvalue weighted by Gasteiger charge is 2.37. The van der Waals surface area contributed by atoms with Crippen molar-refractivity contribution in [2.24, 2.45) is 0 Å². The van der Waals surface area contributed by atoms with Crippen LogP contribution in [-0.4, -0.2) is 18.7 Å². The third-order valence-corrected chi connectivity index (χ3v) is 4.13. The van der Waals surface area contributed by atoms with Crippen LogP contribution in [0.15, 0.2) is 24.3 Å². The van der Waals surface area contributed by atoms with Crippen LogP contribution in [0.1, 0.15) is 52.5 Å². The van der Waals surface area contributed by atoms with Crippen molar-refractivity contribution in [3.63, 3.8) is 0 Å². The van der Waals surface area contributed by atoms with Gasteiger partial charge in [-0.25, -0.2) is 0 Å². The highest BCUT2D eigenvalue weighted by Crippen LogP contribution is 2.44. The summed E-state index contributed by atoms with van der Waals surface area (Å²) in [6, 6.07) is 9.21. The molecule has 0 saturated heterocycles. The first-order valence-electron chi connectivity index (χ1n) is 7.54. The highest BCUT2D eigenvalue weighted by molar-refractivity contribution is 5.40. The van der Waals surface area contributed by atoms with Gasteiger partial charge in [0.05, 0.1) is 6.10 Å². The lowest BCUT2D eigenvalue weighted by Crippen LogP contribution is -2.29. The van der Waals surface area contributed by atoms with E-state index in [1.165, 1.54) is 24.8 Å². The lowest BCUT2D eigenvalue weighted by Gasteiger charge is -2.28. The monoisotopic (exact) mass is 261 g/mol. The van der Waals surface area contributed by atoms with Crippen molar-refractivity contribution in [1.82, 2.24) is 5.32 Å². The molecule has 1 aliphatic rings. The molecule has 0 spiro atoms. The molecule has 2 rings (SSSR count). The molecule has 0 aromatic heterocycles. The first kappa shape index (κ1) is 14.4. The van der Waals surface area contributed by atoms with Crippen molar-refractivity contribution in [2.75, 3.05) is 6.54 Å². The van der Waals surface area contributed by atoms with Crippen LogP contribution in [0, 0.1) is 0 Å². The number of rotatable bonds is 5. The summed E-state index contributed by atoms with van der Waals surface area (Å²) in [5, 5.41) is 3.59. The Morgan fingerprint density at radius 2 is 2.11 bits per heavy atom. The zero-order chi connectivity index (χ0) is 13.9. The zero-order valence-corrected chi connectivity index (χ0v) is 12.7. The molecule has 1 saturated carbocycles. The summed E-state index contributed by atoms with van der Waals surface area (Å²) in [6.45, 7) is 9.81. The quantitative estimate of drug-likeness (QED) is 0.868. The van der Waals surface area contributed by atoms with Gasteiger partial charge in [-0.1, -0.05) is 32.0 Å². The Kier molecular flexibility index (Phi) is 4.51. The first-order valence-corrected chi connectivity index (χ1v) is 7.54. The molecule has 0 bridgehead atoms. The van der Waals surface area contributed by atoms with Gasteiger partial charge in [-0.3, -0.25) is 0 Å². The SMILES string of the molecule is CCNC1CCC(C)(c2ccccc2OC(C)C)C1. The predicted molar refractivity (Wildman–Crippen MR) is 80.9 cm³/mol. The molecule has 2 atom stereocenters. The van der Waals surface area contributed by atoms with Gasteiger partial charge in [0, 0.05) is 11.6 Å². The number of para-hydroxylation sites is 1. The minimum atomic E-state index is 0.232. The van der Waals surface area contributed by atoms with Gasteiger partial charge in [0.15, 0.2) is 0 Å². The molecule has 2 nitrogen and oxygen atoms in total. The topological polar surface area (TPSA) is 21.3 Å². The summed E-state index contributed by atoms with van der Waals surface area (Å²) in [4.78, 5) is 0. The van der Waals surface area contributed by atoms with E-state index in [-0.39, 0.29) is 11.5 Å². The fourth-order valence-corrected chi connectivity index (χ4v) is 3.27. The molecule has 1 aromatic rings. The summed E-state index contributed by atoms with van der Waals surface area (Å²) < 4.78 is 6.00.